The van der Waals surface area contributed by atoms with Crippen LogP contribution in [0.15, 0.2) is 6.20 Å². The Hall–Kier alpha value is -2.01. The molecule has 0 radical (unpaired) electrons. The number of ether oxygens (including phenoxy) is 1. The summed E-state index contributed by atoms with van der Waals surface area (Å²) in [5, 5.41) is 33.9. The van der Waals surface area contributed by atoms with Crippen LogP contribution in [-0.2, 0) is 10.5 Å². The average Bonchev–Trinajstić information content (AvgIpc) is 2.95. The highest BCUT2D eigenvalue weighted by atomic mass is 16.7. The highest BCUT2D eigenvalue weighted by Crippen LogP contribution is 2.42. The van der Waals surface area contributed by atoms with Crippen LogP contribution in [-0.4, -0.2) is 53.7 Å². The lowest BCUT2D eigenvalue weighted by molar-refractivity contribution is -0.226. The van der Waals surface area contributed by atoms with Crippen molar-refractivity contribution >= 4 is 17.4 Å². The van der Waals surface area contributed by atoms with E-state index >= 15 is 0 Å². The van der Waals surface area contributed by atoms with Crippen LogP contribution in [0.25, 0.3) is 5.65 Å². The summed E-state index contributed by atoms with van der Waals surface area (Å²) in [6.07, 6.45) is -0.628. The van der Waals surface area contributed by atoms with E-state index in [4.69, 9.17) is 16.2 Å². The van der Waals surface area contributed by atoms with Crippen LogP contribution in [0.5, 0.6) is 0 Å². The third kappa shape index (κ3) is 1.84. The molecule has 0 aromatic carbocycles. The zero-order valence-electron chi connectivity index (χ0n) is 11.2. The summed E-state index contributed by atoms with van der Waals surface area (Å²) in [4.78, 5) is 7.81. The molecule has 2 aromatic rings. The molecule has 0 amide bonds. The van der Waals surface area contributed by atoms with Gasteiger partial charge in [0, 0.05) is 5.92 Å². The minimum Gasteiger partial charge on any atom is -0.394 e. The molecule has 0 aliphatic carbocycles. The largest absolute Gasteiger partial charge is 0.394 e. The Balaban J connectivity index is 2.16. The van der Waals surface area contributed by atoms with E-state index in [1.807, 2.05) is 0 Å². The molecular weight excluding hydrogens is 280 g/mol. The molecule has 21 heavy (non-hydrogen) atoms. The Morgan fingerprint density at radius 2 is 2.19 bits per heavy atom. The summed E-state index contributed by atoms with van der Waals surface area (Å²) in [7, 11) is 0. The van der Waals surface area contributed by atoms with Crippen molar-refractivity contribution in [2.24, 2.45) is 5.92 Å². The van der Waals surface area contributed by atoms with Gasteiger partial charge < -0.3 is 31.5 Å². The van der Waals surface area contributed by atoms with Gasteiger partial charge in [0.25, 0.3) is 0 Å². The number of nitrogen functional groups attached to an aromatic ring is 2. The maximum atomic E-state index is 10.8. The predicted molar refractivity (Wildman–Crippen MR) is 70.6 cm³/mol. The van der Waals surface area contributed by atoms with E-state index in [1.165, 1.54) is 10.7 Å². The molecule has 2 aromatic heterocycles. The highest BCUT2D eigenvalue weighted by molar-refractivity contribution is 5.60. The zero-order chi connectivity index (χ0) is 15.4. The SMILES string of the molecule is C[C@H]1[C@H](O)[C@@H](CO)OC1(O)c1cnc2c(N)nc(N)nn12. The zero-order valence-corrected chi connectivity index (χ0v) is 11.2. The van der Waals surface area contributed by atoms with Crippen LogP contribution in [0.1, 0.15) is 12.6 Å². The van der Waals surface area contributed by atoms with Crippen molar-refractivity contribution in [1.82, 2.24) is 19.6 Å². The number of imidazole rings is 1. The first kappa shape index (κ1) is 13.9. The fraction of sp³-hybridized carbons (Fsp3) is 0.545. The molecule has 3 rings (SSSR count). The summed E-state index contributed by atoms with van der Waals surface area (Å²) in [5.41, 5.74) is 11.6. The topological polar surface area (TPSA) is 165 Å². The second-order valence-electron chi connectivity index (χ2n) is 5.05. The summed E-state index contributed by atoms with van der Waals surface area (Å²) in [6, 6.07) is 0. The smallest absolute Gasteiger partial charge is 0.240 e. The first-order valence-corrected chi connectivity index (χ1v) is 6.34. The van der Waals surface area contributed by atoms with E-state index in [0.29, 0.717) is 0 Å². The summed E-state index contributed by atoms with van der Waals surface area (Å²) in [6.45, 7) is 1.16. The molecule has 114 valence electrons. The average molecular weight is 296 g/mol. The van der Waals surface area contributed by atoms with Crippen LogP contribution >= 0.6 is 0 Å². The molecule has 0 bridgehead atoms. The number of aliphatic hydroxyl groups excluding tert-OH is 2. The molecule has 1 saturated heterocycles. The van der Waals surface area contributed by atoms with Gasteiger partial charge in [-0.05, 0) is 0 Å². The van der Waals surface area contributed by atoms with Gasteiger partial charge >= 0.3 is 0 Å². The van der Waals surface area contributed by atoms with Crippen LogP contribution < -0.4 is 11.5 Å². The van der Waals surface area contributed by atoms with Gasteiger partial charge in [-0.25, -0.2) is 9.50 Å². The quantitative estimate of drug-likeness (QED) is 0.414. The molecule has 1 fully saturated rings. The molecule has 3 heterocycles. The molecule has 0 spiro atoms. The van der Waals surface area contributed by atoms with E-state index in [9.17, 15) is 15.3 Å². The fourth-order valence-electron chi connectivity index (χ4n) is 2.56. The Morgan fingerprint density at radius 1 is 1.48 bits per heavy atom. The van der Waals surface area contributed by atoms with Crippen LogP contribution in [0.3, 0.4) is 0 Å². The van der Waals surface area contributed by atoms with Crippen molar-refractivity contribution in [3.63, 3.8) is 0 Å². The first-order chi connectivity index (χ1) is 9.88. The summed E-state index contributed by atoms with van der Waals surface area (Å²) >= 11 is 0. The number of fused-ring (bicyclic) bond motifs is 1. The second kappa shape index (κ2) is 4.49. The molecule has 7 N–H and O–H groups in total. The standard InChI is InChI=1S/C11H16N6O4/c1-4-7(19)5(3-18)21-11(4,20)6-2-14-9-8(12)15-10(13)16-17(6)9/h2,4-5,7,18-20H,3H2,1H3,(H4,12,13,15,16)/t4-,5+,7-,11?/m0/s1. The molecular formula is C11H16N6O4. The fourth-order valence-corrected chi connectivity index (χ4v) is 2.56. The number of hydrogen-bond acceptors (Lipinski definition) is 9. The van der Waals surface area contributed by atoms with Gasteiger partial charge in [-0.2, -0.15) is 4.98 Å². The van der Waals surface area contributed by atoms with Gasteiger partial charge in [0.1, 0.15) is 11.8 Å². The van der Waals surface area contributed by atoms with Crippen molar-refractivity contribution in [2.75, 3.05) is 18.1 Å². The van der Waals surface area contributed by atoms with Gasteiger partial charge in [-0.3, -0.25) is 0 Å². The van der Waals surface area contributed by atoms with Gasteiger partial charge in [0.2, 0.25) is 11.7 Å². The van der Waals surface area contributed by atoms with Crippen LogP contribution in [0.4, 0.5) is 11.8 Å². The van der Waals surface area contributed by atoms with Crippen LogP contribution in [0.2, 0.25) is 0 Å². The third-order valence-corrected chi connectivity index (χ3v) is 3.79. The Kier molecular flexibility index (Phi) is 2.99. The summed E-state index contributed by atoms with van der Waals surface area (Å²) in [5.74, 6) is -2.62. The van der Waals surface area contributed by atoms with E-state index in [-0.39, 0.29) is 23.1 Å². The molecule has 4 atom stereocenters. The van der Waals surface area contributed by atoms with E-state index in [0.717, 1.165) is 0 Å². The van der Waals surface area contributed by atoms with E-state index in [2.05, 4.69) is 15.1 Å². The number of aliphatic hydroxyl groups is 3. The van der Waals surface area contributed by atoms with Crippen molar-refractivity contribution in [3.8, 4) is 0 Å². The lowest BCUT2D eigenvalue weighted by Crippen LogP contribution is -2.35. The number of aromatic nitrogens is 4. The van der Waals surface area contributed by atoms with Gasteiger partial charge in [-0.15, -0.1) is 5.10 Å². The summed E-state index contributed by atoms with van der Waals surface area (Å²) < 4.78 is 6.63. The van der Waals surface area contributed by atoms with Crippen molar-refractivity contribution in [2.45, 2.75) is 24.9 Å². The predicted octanol–water partition coefficient (Wildman–Crippen LogP) is -2.18. The molecule has 0 saturated carbocycles. The molecule has 1 aliphatic heterocycles. The highest BCUT2D eigenvalue weighted by Gasteiger charge is 2.54. The Bertz CT molecular complexity index is 691. The number of rotatable bonds is 2. The number of hydrogen-bond donors (Lipinski definition) is 5. The molecule has 1 aliphatic rings. The Labute approximate surface area is 119 Å². The van der Waals surface area contributed by atoms with Crippen molar-refractivity contribution in [1.29, 1.82) is 0 Å². The number of anilines is 2. The van der Waals surface area contributed by atoms with Crippen LogP contribution in [0, 0.1) is 5.92 Å². The van der Waals surface area contributed by atoms with E-state index < -0.39 is 30.5 Å². The maximum Gasteiger partial charge on any atom is 0.240 e. The lowest BCUT2D eigenvalue weighted by Gasteiger charge is -2.26. The normalized spacial score (nSPS) is 32.9. The molecule has 10 heteroatoms. The number of nitrogens with two attached hydrogens (primary N) is 2. The van der Waals surface area contributed by atoms with Crippen molar-refractivity contribution in [3.05, 3.63) is 11.9 Å². The maximum absolute atomic E-state index is 10.8. The third-order valence-electron chi connectivity index (χ3n) is 3.79. The first-order valence-electron chi connectivity index (χ1n) is 6.34. The van der Waals surface area contributed by atoms with Crippen molar-refractivity contribution < 1.29 is 20.1 Å². The Morgan fingerprint density at radius 3 is 2.81 bits per heavy atom. The minimum atomic E-state index is -1.88. The molecule has 10 nitrogen and oxygen atoms in total. The van der Waals surface area contributed by atoms with Gasteiger partial charge in [0.05, 0.1) is 18.9 Å². The monoisotopic (exact) mass is 296 g/mol. The second-order valence-corrected chi connectivity index (χ2v) is 5.05. The number of nitrogens with zero attached hydrogens (tertiary/aromatic N) is 4. The van der Waals surface area contributed by atoms with E-state index in [1.54, 1.807) is 6.92 Å². The van der Waals surface area contributed by atoms with Gasteiger partial charge in [-0.1, -0.05) is 6.92 Å². The lowest BCUT2D eigenvalue weighted by atomic mass is 9.93. The van der Waals surface area contributed by atoms with Gasteiger partial charge in [0.15, 0.2) is 11.5 Å². The molecule has 1 unspecified atom stereocenters. The minimum absolute atomic E-state index is 0.0576.